The quantitative estimate of drug-likeness (QED) is 0.503. The fourth-order valence-corrected chi connectivity index (χ4v) is 0.531. The largest absolute Gasteiger partial charge is 0.481 e. The van der Waals surface area contributed by atoms with Crippen LogP contribution in [0.2, 0.25) is 0 Å². The topological polar surface area (TPSA) is 83.5 Å². The van der Waals surface area contributed by atoms with Crippen molar-refractivity contribution in [1.29, 1.82) is 0 Å². The highest BCUT2D eigenvalue weighted by Crippen LogP contribution is 1.98. The highest BCUT2D eigenvalue weighted by molar-refractivity contribution is 5.66. The Kier molecular flexibility index (Phi) is 3.99. The minimum Gasteiger partial charge on any atom is -0.481 e. The van der Waals surface area contributed by atoms with Gasteiger partial charge in [0, 0.05) is 12.5 Å². The summed E-state index contributed by atoms with van der Waals surface area (Å²) in [5.41, 5.74) is 5.35. The number of carboxylic acid groups (broad SMARTS) is 1. The van der Waals surface area contributed by atoms with Crippen molar-refractivity contribution in [3.8, 4) is 0 Å². The molecule has 2 unspecified atom stereocenters. The van der Waals surface area contributed by atoms with Crippen LogP contribution in [0.5, 0.6) is 0 Å². The fraction of sp³-hybridized carbons (Fsp3) is 0.833. The molecule has 0 aliphatic rings. The second-order valence-corrected chi connectivity index (χ2v) is 2.34. The van der Waals surface area contributed by atoms with Gasteiger partial charge in [-0.1, -0.05) is 0 Å². The monoisotopic (exact) mass is 147 g/mol. The van der Waals surface area contributed by atoms with E-state index in [9.17, 15) is 4.79 Å². The smallest absolute Gasteiger partial charge is 0.303 e. The maximum absolute atomic E-state index is 9.99. The molecule has 0 saturated carbocycles. The van der Waals surface area contributed by atoms with E-state index in [1.807, 2.05) is 0 Å². The summed E-state index contributed by atoms with van der Waals surface area (Å²) < 4.78 is 0. The average molecular weight is 147 g/mol. The van der Waals surface area contributed by atoms with E-state index in [0.29, 0.717) is 6.42 Å². The molecule has 4 N–H and O–H groups in total. The highest BCUT2D eigenvalue weighted by Gasteiger charge is 2.10. The van der Waals surface area contributed by atoms with Crippen LogP contribution >= 0.6 is 0 Å². The van der Waals surface area contributed by atoms with Crippen LogP contribution in [0.3, 0.4) is 0 Å². The van der Waals surface area contributed by atoms with Gasteiger partial charge in [0.2, 0.25) is 0 Å². The number of carboxylic acids is 1. The lowest BCUT2D eigenvalue weighted by Crippen LogP contribution is -2.32. The van der Waals surface area contributed by atoms with Gasteiger partial charge in [-0.15, -0.1) is 0 Å². The number of hydrogen-bond donors (Lipinski definition) is 3. The predicted molar refractivity (Wildman–Crippen MR) is 36.5 cm³/mol. The molecule has 0 aliphatic heterocycles. The number of aliphatic carboxylic acids is 1. The third-order valence-electron chi connectivity index (χ3n) is 1.31. The number of rotatable bonds is 4. The summed E-state index contributed by atoms with van der Waals surface area (Å²) in [4.78, 5) is 9.99. The second-order valence-electron chi connectivity index (χ2n) is 2.34. The first-order valence-electron chi connectivity index (χ1n) is 3.19. The Morgan fingerprint density at radius 3 is 2.50 bits per heavy atom. The van der Waals surface area contributed by atoms with Crippen LogP contribution in [0.25, 0.3) is 0 Å². The number of carbonyl (C=O) groups is 1. The summed E-state index contributed by atoms with van der Waals surface area (Å²) in [6.07, 6.45) is -0.279. The summed E-state index contributed by atoms with van der Waals surface area (Å²) in [5, 5.41) is 17.0. The van der Waals surface area contributed by atoms with Crippen LogP contribution in [0, 0.1) is 0 Å². The summed E-state index contributed by atoms with van der Waals surface area (Å²) in [5.74, 6) is -0.879. The first-order valence-corrected chi connectivity index (χ1v) is 3.19. The lowest BCUT2D eigenvalue weighted by atomic mass is 10.1. The minimum absolute atomic E-state index is 0.0199. The molecule has 0 saturated heterocycles. The number of aliphatic hydroxyl groups excluding tert-OH is 1. The van der Waals surface area contributed by atoms with Gasteiger partial charge in [-0.05, 0) is 13.3 Å². The first kappa shape index (κ1) is 9.39. The Bertz CT molecular complexity index is 114. The molecule has 60 valence electrons. The fourth-order valence-electron chi connectivity index (χ4n) is 0.531. The van der Waals surface area contributed by atoms with E-state index in [1.54, 1.807) is 6.92 Å². The van der Waals surface area contributed by atoms with Gasteiger partial charge in [0.15, 0.2) is 0 Å². The van der Waals surface area contributed by atoms with Gasteiger partial charge in [-0.3, -0.25) is 4.79 Å². The zero-order chi connectivity index (χ0) is 8.15. The van der Waals surface area contributed by atoms with Crippen molar-refractivity contribution in [2.24, 2.45) is 5.73 Å². The lowest BCUT2D eigenvalue weighted by molar-refractivity contribution is -0.137. The Morgan fingerprint density at radius 1 is 1.70 bits per heavy atom. The molecule has 0 aromatic heterocycles. The SMILES string of the molecule is CC(O)C(N)CCC(=O)O. The molecule has 0 heterocycles. The summed E-state index contributed by atoms with van der Waals surface area (Å²) >= 11 is 0. The minimum atomic E-state index is -0.879. The Hall–Kier alpha value is -0.610. The Balaban J connectivity index is 3.39. The van der Waals surface area contributed by atoms with Crippen LogP contribution in [0.15, 0.2) is 0 Å². The molecule has 4 nitrogen and oxygen atoms in total. The molecular weight excluding hydrogens is 134 g/mol. The van der Waals surface area contributed by atoms with Crippen molar-refractivity contribution in [2.75, 3.05) is 0 Å². The molecule has 4 heteroatoms. The van der Waals surface area contributed by atoms with E-state index in [2.05, 4.69) is 0 Å². The Labute approximate surface area is 59.7 Å². The molecule has 0 amide bonds. The molecular formula is C6H13NO3. The third-order valence-corrected chi connectivity index (χ3v) is 1.31. The van der Waals surface area contributed by atoms with Crippen molar-refractivity contribution < 1.29 is 15.0 Å². The molecule has 2 atom stereocenters. The van der Waals surface area contributed by atoms with E-state index < -0.39 is 18.1 Å². The maximum Gasteiger partial charge on any atom is 0.303 e. The van der Waals surface area contributed by atoms with E-state index in [1.165, 1.54) is 0 Å². The zero-order valence-corrected chi connectivity index (χ0v) is 5.95. The van der Waals surface area contributed by atoms with Gasteiger partial charge in [-0.25, -0.2) is 0 Å². The molecule has 0 aliphatic carbocycles. The molecule has 0 aromatic rings. The van der Waals surface area contributed by atoms with E-state index in [4.69, 9.17) is 15.9 Å². The van der Waals surface area contributed by atoms with Gasteiger partial charge in [0.1, 0.15) is 0 Å². The second kappa shape index (κ2) is 4.24. The van der Waals surface area contributed by atoms with Crippen LogP contribution in [0.4, 0.5) is 0 Å². The molecule has 10 heavy (non-hydrogen) atoms. The van der Waals surface area contributed by atoms with Crippen molar-refractivity contribution in [1.82, 2.24) is 0 Å². The first-order chi connectivity index (χ1) is 4.54. The van der Waals surface area contributed by atoms with E-state index in [0.717, 1.165) is 0 Å². The average Bonchev–Trinajstić information content (AvgIpc) is 1.82. The standard InChI is InChI=1S/C6H13NO3/c1-4(8)5(7)2-3-6(9)10/h4-5,8H,2-3,7H2,1H3,(H,9,10). The molecule has 0 bridgehead atoms. The van der Waals surface area contributed by atoms with Crippen molar-refractivity contribution >= 4 is 5.97 Å². The van der Waals surface area contributed by atoms with Crippen molar-refractivity contribution in [2.45, 2.75) is 31.9 Å². The summed E-state index contributed by atoms with van der Waals surface area (Å²) in [6.45, 7) is 1.55. The van der Waals surface area contributed by atoms with E-state index >= 15 is 0 Å². The molecule has 0 spiro atoms. The third kappa shape index (κ3) is 4.29. The van der Waals surface area contributed by atoms with Crippen molar-refractivity contribution in [3.05, 3.63) is 0 Å². The van der Waals surface area contributed by atoms with Crippen molar-refractivity contribution in [3.63, 3.8) is 0 Å². The van der Waals surface area contributed by atoms with Crippen LogP contribution in [0.1, 0.15) is 19.8 Å². The van der Waals surface area contributed by atoms with Gasteiger partial charge in [0.05, 0.1) is 6.10 Å². The van der Waals surface area contributed by atoms with Gasteiger partial charge in [-0.2, -0.15) is 0 Å². The number of aliphatic hydroxyl groups is 1. The Morgan fingerprint density at radius 2 is 2.20 bits per heavy atom. The number of hydrogen-bond acceptors (Lipinski definition) is 3. The lowest BCUT2D eigenvalue weighted by Gasteiger charge is -2.12. The van der Waals surface area contributed by atoms with Gasteiger partial charge >= 0.3 is 5.97 Å². The summed E-state index contributed by atoms with van der Waals surface area (Å²) in [6, 6.07) is -0.420. The van der Waals surface area contributed by atoms with Crippen LogP contribution < -0.4 is 5.73 Å². The van der Waals surface area contributed by atoms with E-state index in [-0.39, 0.29) is 6.42 Å². The number of nitrogens with two attached hydrogens (primary N) is 1. The molecule has 0 rings (SSSR count). The van der Waals surface area contributed by atoms with Gasteiger partial charge in [0.25, 0.3) is 0 Å². The molecule has 0 radical (unpaired) electrons. The van der Waals surface area contributed by atoms with Crippen LogP contribution in [-0.4, -0.2) is 28.3 Å². The highest BCUT2D eigenvalue weighted by atomic mass is 16.4. The zero-order valence-electron chi connectivity index (χ0n) is 5.95. The molecule has 0 aromatic carbocycles. The predicted octanol–water partition coefficient (Wildman–Crippen LogP) is -0.441. The molecule has 0 fully saturated rings. The maximum atomic E-state index is 9.99. The van der Waals surface area contributed by atoms with Crippen LogP contribution in [-0.2, 0) is 4.79 Å². The normalized spacial score (nSPS) is 16.3. The summed E-state index contributed by atoms with van der Waals surface area (Å²) in [7, 11) is 0. The van der Waals surface area contributed by atoms with Gasteiger partial charge < -0.3 is 15.9 Å².